The molecule has 150 valence electrons. The lowest BCUT2D eigenvalue weighted by atomic mass is 9.97. The molecule has 28 heavy (non-hydrogen) atoms. The van der Waals surface area contributed by atoms with Gasteiger partial charge in [0.05, 0.1) is 33.1 Å². The Morgan fingerprint density at radius 2 is 1.68 bits per heavy atom. The zero-order valence-electron chi connectivity index (χ0n) is 16.5. The number of ether oxygens (including phenoxy) is 3. The van der Waals surface area contributed by atoms with Gasteiger partial charge in [-0.3, -0.25) is 9.69 Å². The lowest BCUT2D eigenvalue weighted by Gasteiger charge is -2.33. The van der Waals surface area contributed by atoms with Crippen LogP contribution < -0.4 is 19.5 Å². The molecule has 1 aliphatic heterocycles. The van der Waals surface area contributed by atoms with E-state index in [1.54, 1.807) is 39.5 Å². The summed E-state index contributed by atoms with van der Waals surface area (Å²) in [6.07, 6.45) is 0.841. The Labute approximate surface area is 170 Å². The lowest BCUT2D eigenvalue weighted by molar-refractivity contribution is -0.121. The van der Waals surface area contributed by atoms with Gasteiger partial charge in [-0.1, -0.05) is 11.6 Å². The van der Waals surface area contributed by atoms with Gasteiger partial charge < -0.3 is 19.5 Å². The highest BCUT2D eigenvalue weighted by Gasteiger charge is 2.27. The SMILES string of the molecule is COc1ccc(Cl)cc1NC(=O)[C@H](C)N1CCc2cc(OC)c(OC)cc2C1. The number of methoxy groups -OCH3 is 3. The molecule has 0 bridgehead atoms. The van der Waals surface area contributed by atoms with E-state index in [-0.39, 0.29) is 11.9 Å². The molecule has 6 nitrogen and oxygen atoms in total. The number of fused-ring (bicyclic) bond motifs is 1. The number of anilines is 1. The van der Waals surface area contributed by atoms with Crippen LogP contribution in [0.3, 0.4) is 0 Å². The third kappa shape index (κ3) is 4.18. The average molecular weight is 405 g/mol. The number of hydrogen-bond acceptors (Lipinski definition) is 5. The Morgan fingerprint density at radius 1 is 1.04 bits per heavy atom. The van der Waals surface area contributed by atoms with Crippen LogP contribution in [0.15, 0.2) is 30.3 Å². The molecule has 2 aromatic carbocycles. The molecule has 1 N–H and O–H groups in total. The number of nitrogens with one attached hydrogen (secondary N) is 1. The van der Waals surface area contributed by atoms with Gasteiger partial charge in [0.15, 0.2) is 11.5 Å². The molecule has 0 fully saturated rings. The van der Waals surface area contributed by atoms with E-state index < -0.39 is 0 Å². The van der Waals surface area contributed by atoms with Crippen LogP contribution in [0.5, 0.6) is 17.2 Å². The van der Waals surface area contributed by atoms with Crippen LogP contribution in [0.2, 0.25) is 5.02 Å². The van der Waals surface area contributed by atoms with Crippen LogP contribution in [0.1, 0.15) is 18.1 Å². The maximum Gasteiger partial charge on any atom is 0.241 e. The summed E-state index contributed by atoms with van der Waals surface area (Å²) in [4.78, 5) is 15.0. The summed E-state index contributed by atoms with van der Waals surface area (Å²) in [5.74, 6) is 1.90. The highest BCUT2D eigenvalue weighted by Crippen LogP contribution is 2.34. The Morgan fingerprint density at radius 3 is 2.32 bits per heavy atom. The first-order chi connectivity index (χ1) is 13.5. The van der Waals surface area contributed by atoms with Gasteiger partial charge in [0.1, 0.15) is 5.75 Å². The zero-order valence-corrected chi connectivity index (χ0v) is 17.3. The molecule has 1 atom stereocenters. The van der Waals surface area contributed by atoms with Crippen LogP contribution in [-0.2, 0) is 17.8 Å². The van der Waals surface area contributed by atoms with Crippen molar-refractivity contribution in [3.63, 3.8) is 0 Å². The highest BCUT2D eigenvalue weighted by molar-refractivity contribution is 6.31. The van der Waals surface area contributed by atoms with Crippen LogP contribution in [0.25, 0.3) is 0 Å². The van der Waals surface area contributed by atoms with E-state index in [4.69, 9.17) is 25.8 Å². The molecule has 0 aromatic heterocycles. The minimum absolute atomic E-state index is 0.107. The van der Waals surface area contributed by atoms with Crippen molar-refractivity contribution < 1.29 is 19.0 Å². The minimum Gasteiger partial charge on any atom is -0.495 e. The third-order valence-corrected chi connectivity index (χ3v) is 5.33. The minimum atomic E-state index is -0.315. The fourth-order valence-corrected chi connectivity index (χ4v) is 3.59. The first-order valence-corrected chi connectivity index (χ1v) is 9.46. The predicted molar refractivity (Wildman–Crippen MR) is 110 cm³/mol. The van der Waals surface area contributed by atoms with Crippen LogP contribution >= 0.6 is 11.6 Å². The second-order valence-electron chi connectivity index (χ2n) is 6.71. The number of halogens is 1. The van der Waals surface area contributed by atoms with Gasteiger partial charge in [0, 0.05) is 18.1 Å². The van der Waals surface area contributed by atoms with Gasteiger partial charge in [0.2, 0.25) is 5.91 Å². The van der Waals surface area contributed by atoms with Crippen molar-refractivity contribution in [3.05, 3.63) is 46.5 Å². The van der Waals surface area contributed by atoms with E-state index in [1.165, 1.54) is 5.56 Å². The van der Waals surface area contributed by atoms with Crippen molar-refractivity contribution in [1.82, 2.24) is 4.90 Å². The summed E-state index contributed by atoms with van der Waals surface area (Å²) in [7, 11) is 4.82. The second kappa shape index (κ2) is 8.71. The molecule has 0 aliphatic carbocycles. The van der Waals surface area contributed by atoms with E-state index >= 15 is 0 Å². The summed E-state index contributed by atoms with van der Waals surface area (Å²) in [6, 6.07) is 8.85. The molecule has 0 unspecified atom stereocenters. The first kappa shape index (κ1) is 20.3. The molecule has 1 heterocycles. The number of hydrogen-bond donors (Lipinski definition) is 1. The summed E-state index contributed by atoms with van der Waals surface area (Å²) in [5.41, 5.74) is 2.93. The van der Waals surface area contributed by atoms with Crippen molar-refractivity contribution in [2.75, 3.05) is 33.2 Å². The molecular weight excluding hydrogens is 380 g/mol. The van der Waals surface area contributed by atoms with E-state index in [0.717, 1.165) is 24.3 Å². The molecule has 1 amide bonds. The van der Waals surface area contributed by atoms with Gasteiger partial charge in [0.25, 0.3) is 0 Å². The van der Waals surface area contributed by atoms with Crippen LogP contribution in [0.4, 0.5) is 5.69 Å². The maximum absolute atomic E-state index is 12.8. The average Bonchev–Trinajstić information content (AvgIpc) is 2.71. The summed E-state index contributed by atoms with van der Waals surface area (Å²) in [5, 5.41) is 3.47. The van der Waals surface area contributed by atoms with E-state index in [9.17, 15) is 4.79 Å². The fourth-order valence-electron chi connectivity index (χ4n) is 3.42. The molecule has 1 aliphatic rings. The summed E-state index contributed by atoms with van der Waals surface area (Å²) >= 11 is 6.06. The monoisotopic (exact) mass is 404 g/mol. The van der Waals surface area contributed by atoms with Crippen LogP contribution in [-0.4, -0.2) is 44.7 Å². The number of nitrogens with zero attached hydrogens (tertiary/aromatic N) is 1. The van der Waals surface area contributed by atoms with Crippen molar-refractivity contribution in [2.45, 2.75) is 25.9 Å². The molecule has 7 heteroatoms. The Bertz CT molecular complexity index is 872. The van der Waals surface area contributed by atoms with Gasteiger partial charge in [-0.25, -0.2) is 0 Å². The van der Waals surface area contributed by atoms with E-state index in [1.807, 2.05) is 19.1 Å². The number of amides is 1. The summed E-state index contributed by atoms with van der Waals surface area (Å²) < 4.78 is 16.1. The lowest BCUT2D eigenvalue weighted by Crippen LogP contribution is -2.44. The standard InChI is InChI=1S/C21H25ClN2O4/c1-13(21(25)23-17-11-16(22)5-6-18(17)26-2)24-8-7-14-9-19(27-3)20(28-4)10-15(14)12-24/h5-6,9-11,13H,7-8,12H2,1-4H3,(H,23,25)/t13-/m0/s1. The number of benzene rings is 2. The van der Waals surface area contributed by atoms with Crippen molar-refractivity contribution >= 4 is 23.2 Å². The molecule has 0 spiro atoms. The van der Waals surface area contributed by atoms with Crippen molar-refractivity contribution in [2.24, 2.45) is 0 Å². The van der Waals surface area contributed by atoms with Gasteiger partial charge in [-0.2, -0.15) is 0 Å². The fraction of sp³-hybridized carbons (Fsp3) is 0.381. The van der Waals surface area contributed by atoms with E-state index in [2.05, 4.69) is 10.2 Å². The molecule has 0 saturated heterocycles. The van der Waals surface area contributed by atoms with Gasteiger partial charge in [-0.15, -0.1) is 0 Å². The molecule has 2 aromatic rings. The van der Waals surface area contributed by atoms with Gasteiger partial charge >= 0.3 is 0 Å². The first-order valence-electron chi connectivity index (χ1n) is 9.09. The number of rotatable bonds is 6. The van der Waals surface area contributed by atoms with Crippen molar-refractivity contribution in [1.29, 1.82) is 0 Å². The molecule has 0 radical (unpaired) electrons. The highest BCUT2D eigenvalue weighted by atomic mass is 35.5. The maximum atomic E-state index is 12.8. The number of carbonyl (C=O) groups excluding carboxylic acids is 1. The Balaban J connectivity index is 1.74. The molecular formula is C21H25ClN2O4. The van der Waals surface area contributed by atoms with Crippen molar-refractivity contribution in [3.8, 4) is 17.2 Å². The topological polar surface area (TPSA) is 60.0 Å². The quantitative estimate of drug-likeness (QED) is 0.794. The normalized spacial score (nSPS) is 14.8. The Hall–Kier alpha value is -2.44. The third-order valence-electron chi connectivity index (χ3n) is 5.09. The van der Waals surface area contributed by atoms with Crippen LogP contribution in [0, 0.1) is 0 Å². The predicted octanol–water partition coefficient (Wildman–Crippen LogP) is 3.75. The summed E-state index contributed by atoms with van der Waals surface area (Å²) in [6.45, 7) is 3.35. The number of carbonyl (C=O) groups is 1. The second-order valence-corrected chi connectivity index (χ2v) is 7.14. The van der Waals surface area contributed by atoms with Gasteiger partial charge in [-0.05, 0) is 54.8 Å². The zero-order chi connectivity index (χ0) is 20.3. The Kier molecular flexibility index (Phi) is 6.31. The smallest absolute Gasteiger partial charge is 0.241 e. The molecule has 0 saturated carbocycles. The van der Waals surface area contributed by atoms with E-state index in [0.29, 0.717) is 28.8 Å². The largest absolute Gasteiger partial charge is 0.495 e. The molecule has 3 rings (SSSR count).